The van der Waals surface area contributed by atoms with Crippen LogP contribution in [0.4, 0.5) is 8.78 Å². The van der Waals surface area contributed by atoms with Crippen LogP contribution in [0.25, 0.3) is 0 Å². The quantitative estimate of drug-likeness (QED) is 0.436. The highest BCUT2D eigenvalue weighted by Gasteiger charge is 2.24. The van der Waals surface area contributed by atoms with Crippen molar-refractivity contribution in [3.63, 3.8) is 0 Å². The van der Waals surface area contributed by atoms with E-state index in [0.29, 0.717) is 17.4 Å². The predicted octanol–water partition coefficient (Wildman–Crippen LogP) is 3.02. The van der Waals surface area contributed by atoms with Crippen LogP contribution in [0.3, 0.4) is 0 Å². The molecule has 1 aliphatic heterocycles. The van der Waals surface area contributed by atoms with Crippen molar-refractivity contribution in [2.24, 2.45) is 10.9 Å². The molecule has 7 heteroatoms. The zero-order chi connectivity index (χ0) is 15.9. The number of aliphatic imine (C=N–C) groups is 1. The van der Waals surface area contributed by atoms with E-state index in [2.05, 4.69) is 15.2 Å². The van der Waals surface area contributed by atoms with Crippen molar-refractivity contribution in [1.29, 1.82) is 0 Å². The Hall–Kier alpha value is -0.960. The molecule has 1 unspecified atom stereocenters. The number of halogens is 3. The molecule has 130 valence electrons. The second kappa shape index (κ2) is 10.0. The van der Waals surface area contributed by atoms with Crippen molar-refractivity contribution in [2.75, 3.05) is 33.4 Å². The molecule has 23 heavy (non-hydrogen) atoms. The summed E-state index contributed by atoms with van der Waals surface area (Å²) in [5.41, 5.74) is 0.297. The maximum atomic E-state index is 13.6. The monoisotopic (exact) mass is 439 g/mol. The lowest BCUT2D eigenvalue weighted by atomic mass is 10.1. The summed E-state index contributed by atoms with van der Waals surface area (Å²) < 4.78 is 32.3. The van der Waals surface area contributed by atoms with Gasteiger partial charge in [-0.05, 0) is 31.5 Å². The second-order valence-electron chi connectivity index (χ2n) is 5.40. The molecule has 0 radical (unpaired) electrons. The van der Waals surface area contributed by atoms with Crippen molar-refractivity contribution in [3.8, 4) is 0 Å². The van der Waals surface area contributed by atoms with E-state index in [-0.39, 0.29) is 30.5 Å². The smallest absolute Gasteiger partial charge is 0.193 e. The van der Waals surface area contributed by atoms with Crippen LogP contribution in [0.1, 0.15) is 18.9 Å². The molecule has 1 N–H and O–H groups in total. The topological polar surface area (TPSA) is 36.9 Å². The third kappa shape index (κ3) is 5.87. The van der Waals surface area contributed by atoms with Gasteiger partial charge in [0, 0.05) is 44.8 Å². The van der Waals surface area contributed by atoms with E-state index in [4.69, 9.17) is 4.74 Å². The summed E-state index contributed by atoms with van der Waals surface area (Å²) in [7, 11) is 1.69. The van der Waals surface area contributed by atoms with Crippen molar-refractivity contribution in [3.05, 3.63) is 35.4 Å². The average Bonchev–Trinajstić information content (AvgIpc) is 2.98. The number of ether oxygens (including phenoxy) is 1. The number of nitrogens with one attached hydrogen (secondary N) is 1. The maximum absolute atomic E-state index is 13.6. The first kappa shape index (κ1) is 20.1. The summed E-state index contributed by atoms with van der Waals surface area (Å²) in [4.78, 5) is 6.35. The largest absolute Gasteiger partial charge is 0.381 e. The van der Waals surface area contributed by atoms with E-state index < -0.39 is 11.6 Å². The predicted molar refractivity (Wildman–Crippen MR) is 98.1 cm³/mol. The van der Waals surface area contributed by atoms with Crippen molar-refractivity contribution in [2.45, 2.75) is 19.9 Å². The van der Waals surface area contributed by atoms with Crippen LogP contribution in [0.2, 0.25) is 0 Å². The highest BCUT2D eigenvalue weighted by molar-refractivity contribution is 14.0. The Kier molecular flexibility index (Phi) is 8.75. The molecular weight excluding hydrogens is 415 g/mol. The van der Waals surface area contributed by atoms with Gasteiger partial charge in [-0.3, -0.25) is 4.99 Å². The number of guanidine groups is 1. The van der Waals surface area contributed by atoms with Gasteiger partial charge in [-0.1, -0.05) is 0 Å². The number of rotatable bonds is 5. The van der Waals surface area contributed by atoms with Crippen LogP contribution in [-0.2, 0) is 11.3 Å². The second-order valence-corrected chi connectivity index (χ2v) is 5.40. The molecule has 0 bridgehead atoms. The van der Waals surface area contributed by atoms with Gasteiger partial charge < -0.3 is 15.0 Å². The first-order valence-corrected chi connectivity index (χ1v) is 7.61. The standard InChI is InChI=1S/C16H23F2N3O.HI/c1-3-22-11-12-6-7-21(10-12)16(19-2)20-9-13-8-14(17)4-5-15(13)18;/h4-5,8,12H,3,6-7,9-11H2,1-2H3,(H,19,20);1H. The van der Waals surface area contributed by atoms with Crippen LogP contribution in [-0.4, -0.2) is 44.2 Å². The fourth-order valence-corrected chi connectivity index (χ4v) is 2.63. The Morgan fingerprint density at radius 3 is 2.91 bits per heavy atom. The van der Waals surface area contributed by atoms with Gasteiger partial charge in [0.15, 0.2) is 5.96 Å². The lowest BCUT2D eigenvalue weighted by molar-refractivity contribution is 0.114. The SMILES string of the molecule is CCOCC1CCN(C(=NC)NCc2cc(F)ccc2F)C1.I. The zero-order valence-electron chi connectivity index (χ0n) is 13.5. The van der Waals surface area contributed by atoms with Crippen LogP contribution in [0, 0.1) is 17.6 Å². The zero-order valence-corrected chi connectivity index (χ0v) is 15.8. The lowest BCUT2D eigenvalue weighted by Gasteiger charge is -2.22. The summed E-state index contributed by atoms with van der Waals surface area (Å²) >= 11 is 0. The first-order chi connectivity index (χ1) is 10.6. The van der Waals surface area contributed by atoms with E-state index in [1.54, 1.807) is 7.05 Å². The van der Waals surface area contributed by atoms with Gasteiger partial charge in [-0.15, -0.1) is 24.0 Å². The highest BCUT2D eigenvalue weighted by Crippen LogP contribution is 2.17. The molecule has 0 aromatic heterocycles. The fraction of sp³-hybridized carbons (Fsp3) is 0.562. The normalized spacial score (nSPS) is 18.0. The first-order valence-electron chi connectivity index (χ1n) is 7.61. The molecule has 1 aliphatic rings. The summed E-state index contributed by atoms with van der Waals surface area (Å²) in [5.74, 6) is 0.346. The maximum Gasteiger partial charge on any atom is 0.193 e. The third-order valence-corrected chi connectivity index (χ3v) is 3.80. The van der Waals surface area contributed by atoms with E-state index >= 15 is 0 Å². The van der Waals surface area contributed by atoms with Gasteiger partial charge in [0.2, 0.25) is 0 Å². The molecule has 0 saturated carbocycles. The summed E-state index contributed by atoms with van der Waals surface area (Å²) in [6.45, 7) is 5.43. The van der Waals surface area contributed by atoms with E-state index in [9.17, 15) is 8.78 Å². The van der Waals surface area contributed by atoms with E-state index in [1.165, 1.54) is 6.07 Å². The number of nitrogens with zero attached hydrogens (tertiary/aromatic N) is 2. The Bertz CT molecular complexity index is 528. The van der Waals surface area contributed by atoms with Gasteiger partial charge in [-0.25, -0.2) is 8.78 Å². The number of hydrogen-bond donors (Lipinski definition) is 1. The Balaban J connectivity index is 0.00000264. The molecule has 1 fully saturated rings. The molecule has 1 aromatic carbocycles. The summed E-state index contributed by atoms with van der Waals surface area (Å²) in [5, 5.41) is 3.10. The molecule has 0 spiro atoms. The van der Waals surface area contributed by atoms with Crippen LogP contribution in [0.15, 0.2) is 23.2 Å². The minimum absolute atomic E-state index is 0. The molecular formula is C16H24F2IN3O. The molecule has 4 nitrogen and oxygen atoms in total. The lowest BCUT2D eigenvalue weighted by Crippen LogP contribution is -2.40. The van der Waals surface area contributed by atoms with Crippen LogP contribution in [0.5, 0.6) is 0 Å². The molecule has 2 rings (SSSR count). The summed E-state index contributed by atoms with van der Waals surface area (Å²) in [6, 6.07) is 3.47. The van der Waals surface area contributed by atoms with Gasteiger partial charge in [0.1, 0.15) is 11.6 Å². The van der Waals surface area contributed by atoms with Crippen molar-refractivity contribution in [1.82, 2.24) is 10.2 Å². The van der Waals surface area contributed by atoms with E-state index in [0.717, 1.165) is 44.9 Å². The molecule has 1 saturated heterocycles. The van der Waals surface area contributed by atoms with Crippen molar-refractivity contribution >= 4 is 29.9 Å². The third-order valence-electron chi connectivity index (χ3n) is 3.80. The van der Waals surface area contributed by atoms with Gasteiger partial charge >= 0.3 is 0 Å². The number of likely N-dealkylation sites (tertiary alicyclic amines) is 1. The van der Waals surface area contributed by atoms with Gasteiger partial charge in [0.25, 0.3) is 0 Å². The molecule has 1 heterocycles. The minimum Gasteiger partial charge on any atom is -0.381 e. The average molecular weight is 439 g/mol. The van der Waals surface area contributed by atoms with Crippen molar-refractivity contribution < 1.29 is 13.5 Å². The molecule has 0 amide bonds. The molecule has 0 aliphatic carbocycles. The number of hydrogen-bond acceptors (Lipinski definition) is 2. The van der Waals surface area contributed by atoms with Crippen LogP contribution >= 0.6 is 24.0 Å². The van der Waals surface area contributed by atoms with Gasteiger partial charge in [0.05, 0.1) is 6.61 Å². The Morgan fingerprint density at radius 1 is 1.43 bits per heavy atom. The van der Waals surface area contributed by atoms with E-state index in [1.807, 2.05) is 6.92 Å². The Morgan fingerprint density at radius 2 is 2.22 bits per heavy atom. The number of benzene rings is 1. The van der Waals surface area contributed by atoms with Gasteiger partial charge in [-0.2, -0.15) is 0 Å². The minimum atomic E-state index is -0.439. The van der Waals surface area contributed by atoms with Crippen LogP contribution < -0.4 is 5.32 Å². The summed E-state index contributed by atoms with van der Waals surface area (Å²) in [6.07, 6.45) is 1.05. The Labute approximate surface area is 153 Å². The molecule has 1 aromatic rings. The molecule has 1 atom stereocenters. The fourth-order valence-electron chi connectivity index (χ4n) is 2.63. The highest BCUT2D eigenvalue weighted by atomic mass is 127.